The number of halogens is 1. The maximum atomic E-state index is 10.9. The van der Waals surface area contributed by atoms with Gasteiger partial charge in [0.2, 0.25) is 5.69 Å². The highest BCUT2D eigenvalue weighted by Gasteiger charge is 2.17. The largest absolute Gasteiger partial charge is 0.476 e. The maximum Gasteiger partial charge on any atom is 0.360 e. The fraction of sp³-hybridized carbons (Fsp3) is 0. The number of ether oxygens (including phenoxy) is 1. The summed E-state index contributed by atoms with van der Waals surface area (Å²) in [4.78, 5) is 28.3. The molecule has 20 heavy (non-hydrogen) atoms. The second-order valence-electron chi connectivity index (χ2n) is 3.49. The highest BCUT2D eigenvalue weighted by Crippen LogP contribution is 2.30. The van der Waals surface area contributed by atoms with E-state index in [0.29, 0.717) is 0 Å². The van der Waals surface area contributed by atoms with Crippen molar-refractivity contribution < 1.29 is 19.6 Å². The van der Waals surface area contributed by atoms with Crippen LogP contribution in [0.25, 0.3) is 0 Å². The Morgan fingerprint density at radius 3 is 2.65 bits per heavy atom. The molecule has 0 amide bonds. The molecule has 0 aliphatic carbocycles. The Balaban J connectivity index is 2.34. The first-order valence-electron chi connectivity index (χ1n) is 5.15. The molecule has 1 N–H and O–H groups in total. The van der Waals surface area contributed by atoms with Gasteiger partial charge in [-0.2, -0.15) is 0 Å². The Kier molecular flexibility index (Phi) is 3.76. The Morgan fingerprint density at radius 2 is 2.05 bits per heavy atom. The third-order valence-electron chi connectivity index (χ3n) is 2.20. The quantitative estimate of drug-likeness (QED) is 0.680. The van der Waals surface area contributed by atoms with E-state index in [1.807, 2.05) is 0 Å². The molecule has 0 atom stereocenters. The van der Waals surface area contributed by atoms with Crippen LogP contribution in [0.4, 0.5) is 5.69 Å². The second-order valence-corrected chi connectivity index (χ2v) is 3.89. The van der Waals surface area contributed by atoms with Crippen molar-refractivity contribution in [2.45, 2.75) is 0 Å². The normalized spacial score (nSPS) is 10.1. The van der Waals surface area contributed by atoms with Gasteiger partial charge in [0, 0.05) is 24.5 Å². The number of aromatic carboxylic acids is 1. The minimum absolute atomic E-state index is 0.114. The first-order valence-corrected chi connectivity index (χ1v) is 5.53. The van der Waals surface area contributed by atoms with Crippen LogP contribution in [0.2, 0.25) is 5.02 Å². The van der Waals surface area contributed by atoms with Crippen molar-refractivity contribution in [2.24, 2.45) is 0 Å². The van der Waals surface area contributed by atoms with Crippen LogP contribution in [0.5, 0.6) is 11.6 Å². The molecule has 0 fully saturated rings. The van der Waals surface area contributed by atoms with Gasteiger partial charge in [0.1, 0.15) is 10.8 Å². The number of carboxylic acids is 1. The fourth-order valence-electron chi connectivity index (χ4n) is 1.36. The molecule has 0 aliphatic heterocycles. The summed E-state index contributed by atoms with van der Waals surface area (Å²) in [7, 11) is 0. The lowest BCUT2D eigenvalue weighted by Crippen LogP contribution is -2.04. The van der Waals surface area contributed by atoms with Gasteiger partial charge >= 0.3 is 5.97 Å². The van der Waals surface area contributed by atoms with Crippen molar-refractivity contribution in [2.75, 3.05) is 0 Å². The van der Waals surface area contributed by atoms with E-state index in [1.54, 1.807) is 0 Å². The molecule has 0 saturated carbocycles. The molecule has 2 rings (SSSR count). The van der Waals surface area contributed by atoms with Crippen LogP contribution in [0, 0.1) is 10.1 Å². The van der Waals surface area contributed by atoms with Gasteiger partial charge in [-0.3, -0.25) is 10.1 Å². The fourth-order valence-corrected chi connectivity index (χ4v) is 1.60. The SMILES string of the molecule is O=C(O)c1nccnc1Oc1ccc([N+](=O)[O-])c(Cl)c1. The molecule has 1 aromatic heterocycles. The first-order chi connectivity index (χ1) is 9.49. The van der Waals surface area contributed by atoms with Crippen molar-refractivity contribution in [1.82, 2.24) is 9.97 Å². The van der Waals surface area contributed by atoms with Gasteiger partial charge in [-0.05, 0) is 6.07 Å². The topological polar surface area (TPSA) is 115 Å². The van der Waals surface area contributed by atoms with E-state index in [4.69, 9.17) is 21.4 Å². The van der Waals surface area contributed by atoms with Crippen molar-refractivity contribution in [1.29, 1.82) is 0 Å². The molecule has 0 radical (unpaired) electrons. The van der Waals surface area contributed by atoms with E-state index in [2.05, 4.69) is 9.97 Å². The number of carboxylic acid groups (broad SMARTS) is 1. The lowest BCUT2D eigenvalue weighted by molar-refractivity contribution is -0.384. The predicted octanol–water partition coefficient (Wildman–Crippen LogP) is 2.53. The molecule has 102 valence electrons. The van der Waals surface area contributed by atoms with Crippen LogP contribution < -0.4 is 4.74 Å². The van der Waals surface area contributed by atoms with Crippen LogP contribution >= 0.6 is 11.6 Å². The summed E-state index contributed by atoms with van der Waals surface area (Å²) < 4.78 is 5.22. The van der Waals surface area contributed by atoms with Crippen LogP contribution in [-0.2, 0) is 0 Å². The summed E-state index contributed by atoms with van der Waals surface area (Å²) in [5.41, 5.74) is -0.654. The van der Waals surface area contributed by atoms with Crippen LogP contribution in [0.1, 0.15) is 10.5 Å². The molecule has 0 saturated heterocycles. The molecule has 0 unspecified atom stereocenters. The summed E-state index contributed by atoms with van der Waals surface area (Å²) in [6.07, 6.45) is 2.47. The molecule has 0 bridgehead atoms. The predicted molar refractivity (Wildman–Crippen MR) is 67.2 cm³/mol. The van der Waals surface area contributed by atoms with Crippen LogP contribution in [-0.4, -0.2) is 26.0 Å². The standard InChI is InChI=1S/C11H6ClN3O5/c12-7-5-6(1-2-8(7)15(18)19)20-10-9(11(16)17)13-3-4-14-10/h1-5H,(H,16,17). The number of nitrogens with zero attached hydrogens (tertiary/aromatic N) is 3. The smallest absolute Gasteiger partial charge is 0.360 e. The Bertz CT molecular complexity index is 692. The van der Waals surface area contributed by atoms with Gasteiger partial charge in [0.05, 0.1) is 4.92 Å². The third kappa shape index (κ3) is 2.81. The number of rotatable bonds is 4. The van der Waals surface area contributed by atoms with Gasteiger partial charge in [-0.1, -0.05) is 11.6 Å². The van der Waals surface area contributed by atoms with E-state index in [0.717, 1.165) is 6.07 Å². The molecular formula is C11H6ClN3O5. The zero-order valence-electron chi connectivity index (χ0n) is 9.69. The monoisotopic (exact) mass is 295 g/mol. The van der Waals surface area contributed by atoms with E-state index in [1.165, 1.54) is 24.5 Å². The minimum atomic E-state index is -1.30. The van der Waals surface area contributed by atoms with Crippen molar-refractivity contribution >= 4 is 23.3 Å². The van der Waals surface area contributed by atoms with Crippen molar-refractivity contribution in [3.05, 3.63) is 51.4 Å². The van der Waals surface area contributed by atoms with E-state index >= 15 is 0 Å². The van der Waals surface area contributed by atoms with Crippen LogP contribution in [0.3, 0.4) is 0 Å². The van der Waals surface area contributed by atoms with E-state index in [-0.39, 0.29) is 28.0 Å². The molecule has 2 aromatic rings. The van der Waals surface area contributed by atoms with Crippen molar-refractivity contribution in [3.8, 4) is 11.6 Å². The molecule has 0 spiro atoms. The molecule has 1 heterocycles. The Labute approximate surface area is 116 Å². The number of nitro benzene ring substituents is 1. The second kappa shape index (κ2) is 5.49. The Morgan fingerprint density at radius 1 is 1.35 bits per heavy atom. The van der Waals surface area contributed by atoms with Crippen molar-refractivity contribution in [3.63, 3.8) is 0 Å². The number of benzene rings is 1. The van der Waals surface area contributed by atoms with E-state index < -0.39 is 10.9 Å². The summed E-state index contributed by atoms with van der Waals surface area (Å²) in [6, 6.07) is 3.62. The van der Waals surface area contributed by atoms with Gasteiger partial charge < -0.3 is 9.84 Å². The number of hydrogen-bond donors (Lipinski definition) is 1. The molecular weight excluding hydrogens is 290 g/mol. The minimum Gasteiger partial charge on any atom is -0.476 e. The van der Waals surface area contributed by atoms with E-state index in [9.17, 15) is 14.9 Å². The summed E-state index contributed by atoms with van der Waals surface area (Å²) in [5.74, 6) is -1.42. The summed E-state index contributed by atoms with van der Waals surface area (Å²) in [6.45, 7) is 0. The molecule has 8 nitrogen and oxygen atoms in total. The lowest BCUT2D eigenvalue weighted by atomic mass is 10.3. The third-order valence-corrected chi connectivity index (χ3v) is 2.50. The molecule has 9 heteroatoms. The van der Waals surface area contributed by atoms with Crippen LogP contribution in [0.15, 0.2) is 30.6 Å². The maximum absolute atomic E-state index is 10.9. The highest BCUT2D eigenvalue weighted by atomic mass is 35.5. The summed E-state index contributed by atoms with van der Waals surface area (Å²) >= 11 is 5.72. The number of aromatic nitrogens is 2. The molecule has 1 aromatic carbocycles. The van der Waals surface area contributed by atoms with Gasteiger partial charge in [-0.25, -0.2) is 14.8 Å². The van der Waals surface area contributed by atoms with Gasteiger partial charge in [0.25, 0.3) is 11.6 Å². The number of carbonyl (C=O) groups is 1. The Hall–Kier alpha value is -2.74. The first kappa shape index (κ1) is 13.7. The number of nitro groups is 1. The number of hydrogen-bond acceptors (Lipinski definition) is 6. The van der Waals surface area contributed by atoms with Gasteiger partial charge in [-0.15, -0.1) is 0 Å². The molecule has 0 aliphatic rings. The zero-order chi connectivity index (χ0) is 14.7. The average molecular weight is 296 g/mol. The zero-order valence-corrected chi connectivity index (χ0v) is 10.4. The average Bonchev–Trinajstić information content (AvgIpc) is 2.38. The summed E-state index contributed by atoms with van der Waals surface area (Å²) in [5, 5.41) is 19.4. The highest BCUT2D eigenvalue weighted by molar-refractivity contribution is 6.32. The lowest BCUT2D eigenvalue weighted by Gasteiger charge is -2.06. The van der Waals surface area contributed by atoms with Gasteiger partial charge in [0.15, 0.2) is 0 Å².